The van der Waals surface area contributed by atoms with Crippen molar-refractivity contribution in [2.75, 3.05) is 0 Å². The van der Waals surface area contributed by atoms with Crippen LogP contribution in [0.3, 0.4) is 0 Å². The lowest BCUT2D eigenvalue weighted by molar-refractivity contribution is 0.542. The molecule has 0 radical (unpaired) electrons. The summed E-state index contributed by atoms with van der Waals surface area (Å²) < 4.78 is 4.05. The van der Waals surface area contributed by atoms with Crippen LogP contribution in [0, 0.1) is 0 Å². The Morgan fingerprint density at radius 1 is 1.00 bits per heavy atom. The van der Waals surface area contributed by atoms with E-state index in [2.05, 4.69) is 23.4 Å². The number of hydrogen-bond donors (Lipinski definition) is 1. The molecule has 1 unspecified atom stereocenters. The van der Waals surface area contributed by atoms with Gasteiger partial charge in [0.1, 0.15) is 0 Å². The van der Waals surface area contributed by atoms with E-state index in [1.165, 1.54) is 61.4 Å². The standard InChI is InChI=1S/C15H29N3S/c1-3-5-6-7-8-9-10-12-13(16)15-14(11-4-2)17-18-19-15/h13H,3-12,16H2,1-2H3. The first-order valence-electron chi connectivity index (χ1n) is 7.86. The fourth-order valence-corrected chi connectivity index (χ4v) is 3.09. The van der Waals surface area contributed by atoms with Crippen molar-refractivity contribution in [3.63, 3.8) is 0 Å². The molecule has 0 aliphatic heterocycles. The van der Waals surface area contributed by atoms with E-state index in [4.69, 9.17) is 5.73 Å². The summed E-state index contributed by atoms with van der Waals surface area (Å²) in [5, 5.41) is 4.19. The zero-order valence-corrected chi connectivity index (χ0v) is 13.3. The second-order valence-corrected chi connectivity index (χ2v) is 6.14. The summed E-state index contributed by atoms with van der Waals surface area (Å²) in [5.74, 6) is 0. The molecule has 0 bridgehead atoms. The molecule has 0 aliphatic carbocycles. The molecule has 0 amide bonds. The lowest BCUT2D eigenvalue weighted by atomic mass is 10.0. The SMILES string of the molecule is CCCCCCCCCC(N)c1snnc1CCC. The summed E-state index contributed by atoms with van der Waals surface area (Å²) >= 11 is 1.49. The average Bonchev–Trinajstić information content (AvgIpc) is 2.86. The molecule has 0 aromatic carbocycles. The normalized spacial score (nSPS) is 12.8. The number of aryl methyl sites for hydroxylation is 1. The number of unbranched alkanes of at least 4 members (excludes halogenated alkanes) is 6. The Bertz CT molecular complexity index is 325. The Kier molecular flexibility index (Phi) is 9.01. The number of aromatic nitrogens is 2. The maximum absolute atomic E-state index is 6.26. The quantitative estimate of drug-likeness (QED) is 0.602. The minimum Gasteiger partial charge on any atom is -0.323 e. The highest BCUT2D eigenvalue weighted by molar-refractivity contribution is 7.05. The van der Waals surface area contributed by atoms with Gasteiger partial charge in [0.2, 0.25) is 0 Å². The minimum atomic E-state index is 0.150. The van der Waals surface area contributed by atoms with Crippen molar-refractivity contribution < 1.29 is 0 Å². The Morgan fingerprint density at radius 2 is 1.68 bits per heavy atom. The molecule has 0 aliphatic rings. The van der Waals surface area contributed by atoms with E-state index in [9.17, 15) is 0 Å². The van der Waals surface area contributed by atoms with Crippen molar-refractivity contribution in [2.45, 2.75) is 84.1 Å². The first kappa shape index (κ1) is 16.6. The molecular formula is C15H29N3S. The molecule has 0 fully saturated rings. The van der Waals surface area contributed by atoms with Crippen LogP contribution in [0.5, 0.6) is 0 Å². The average molecular weight is 283 g/mol. The molecule has 0 saturated carbocycles. The summed E-state index contributed by atoms with van der Waals surface area (Å²) in [5.41, 5.74) is 7.39. The fourth-order valence-electron chi connectivity index (χ4n) is 2.36. The van der Waals surface area contributed by atoms with E-state index >= 15 is 0 Å². The van der Waals surface area contributed by atoms with Crippen LogP contribution in [0.15, 0.2) is 0 Å². The molecule has 1 aromatic heterocycles. The highest BCUT2D eigenvalue weighted by atomic mass is 32.1. The summed E-state index contributed by atoms with van der Waals surface area (Å²) in [4.78, 5) is 1.22. The number of rotatable bonds is 11. The van der Waals surface area contributed by atoms with Gasteiger partial charge in [0.25, 0.3) is 0 Å². The van der Waals surface area contributed by atoms with Crippen molar-refractivity contribution in [3.05, 3.63) is 10.6 Å². The molecule has 1 rings (SSSR count). The fraction of sp³-hybridized carbons (Fsp3) is 0.867. The molecular weight excluding hydrogens is 254 g/mol. The highest BCUT2D eigenvalue weighted by Crippen LogP contribution is 2.24. The van der Waals surface area contributed by atoms with Gasteiger partial charge in [0, 0.05) is 6.04 Å². The van der Waals surface area contributed by atoms with E-state index in [-0.39, 0.29) is 6.04 Å². The predicted molar refractivity (Wildman–Crippen MR) is 83.4 cm³/mol. The summed E-state index contributed by atoms with van der Waals surface area (Å²) in [7, 11) is 0. The maximum atomic E-state index is 6.26. The lowest BCUT2D eigenvalue weighted by Crippen LogP contribution is -2.10. The zero-order chi connectivity index (χ0) is 13.9. The molecule has 110 valence electrons. The Balaban J connectivity index is 2.16. The van der Waals surface area contributed by atoms with Gasteiger partial charge >= 0.3 is 0 Å². The summed E-state index contributed by atoms with van der Waals surface area (Å²) in [6.45, 7) is 4.43. The van der Waals surface area contributed by atoms with Gasteiger partial charge in [-0.2, -0.15) is 0 Å². The predicted octanol–water partition coefficient (Wildman–Crippen LogP) is 4.63. The molecule has 19 heavy (non-hydrogen) atoms. The van der Waals surface area contributed by atoms with Gasteiger partial charge < -0.3 is 5.73 Å². The monoisotopic (exact) mass is 283 g/mol. The zero-order valence-electron chi connectivity index (χ0n) is 12.5. The third kappa shape index (κ3) is 6.48. The van der Waals surface area contributed by atoms with Gasteiger partial charge in [-0.15, -0.1) is 5.10 Å². The molecule has 0 saturated heterocycles. The highest BCUT2D eigenvalue weighted by Gasteiger charge is 2.14. The van der Waals surface area contributed by atoms with Crippen LogP contribution in [0.1, 0.15) is 88.2 Å². The topological polar surface area (TPSA) is 51.8 Å². The number of nitrogens with two attached hydrogens (primary N) is 1. The van der Waals surface area contributed by atoms with E-state index in [0.717, 1.165) is 25.0 Å². The van der Waals surface area contributed by atoms with E-state index < -0.39 is 0 Å². The summed E-state index contributed by atoms with van der Waals surface area (Å²) in [6.07, 6.45) is 12.6. The lowest BCUT2D eigenvalue weighted by Gasteiger charge is -2.10. The smallest absolute Gasteiger partial charge is 0.0803 e. The Hall–Kier alpha value is -0.480. The van der Waals surface area contributed by atoms with E-state index in [1.54, 1.807) is 0 Å². The van der Waals surface area contributed by atoms with Gasteiger partial charge in [0.15, 0.2) is 0 Å². The van der Waals surface area contributed by atoms with Crippen LogP contribution in [0.25, 0.3) is 0 Å². The van der Waals surface area contributed by atoms with Crippen molar-refractivity contribution in [1.82, 2.24) is 9.59 Å². The third-order valence-electron chi connectivity index (χ3n) is 3.53. The Morgan fingerprint density at radius 3 is 2.37 bits per heavy atom. The maximum Gasteiger partial charge on any atom is 0.0803 e. The first-order valence-corrected chi connectivity index (χ1v) is 8.63. The van der Waals surface area contributed by atoms with Crippen molar-refractivity contribution >= 4 is 11.5 Å². The third-order valence-corrected chi connectivity index (χ3v) is 4.43. The molecule has 1 heterocycles. The molecule has 3 nitrogen and oxygen atoms in total. The molecule has 1 aromatic rings. The van der Waals surface area contributed by atoms with Gasteiger partial charge in [-0.05, 0) is 24.4 Å². The van der Waals surface area contributed by atoms with Crippen molar-refractivity contribution in [2.24, 2.45) is 5.73 Å². The number of nitrogens with zero attached hydrogens (tertiary/aromatic N) is 2. The molecule has 1 atom stereocenters. The second kappa shape index (κ2) is 10.3. The second-order valence-electron chi connectivity index (χ2n) is 5.35. The van der Waals surface area contributed by atoms with Crippen LogP contribution in [-0.4, -0.2) is 9.59 Å². The van der Waals surface area contributed by atoms with Crippen molar-refractivity contribution in [3.8, 4) is 0 Å². The number of hydrogen-bond acceptors (Lipinski definition) is 4. The van der Waals surface area contributed by atoms with Gasteiger partial charge in [0.05, 0.1) is 10.6 Å². The molecule has 2 N–H and O–H groups in total. The van der Waals surface area contributed by atoms with Gasteiger partial charge in [-0.1, -0.05) is 69.7 Å². The van der Waals surface area contributed by atoms with E-state index in [1.807, 2.05) is 0 Å². The van der Waals surface area contributed by atoms with Crippen LogP contribution in [-0.2, 0) is 6.42 Å². The Labute approximate surface area is 122 Å². The van der Waals surface area contributed by atoms with E-state index in [0.29, 0.717) is 0 Å². The van der Waals surface area contributed by atoms with Gasteiger partial charge in [-0.25, -0.2) is 0 Å². The van der Waals surface area contributed by atoms with Crippen molar-refractivity contribution in [1.29, 1.82) is 0 Å². The van der Waals surface area contributed by atoms with Crippen LogP contribution >= 0.6 is 11.5 Å². The minimum absolute atomic E-state index is 0.150. The van der Waals surface area contributed by atoms with Crippen LogP contribution < -0.4 is 5.73 Å². The van der Waals surface area contributed by atoms with Crippen LogP contribution in [0.2, 0.25) is 0 Å². The molecule has 4 heteroatoms. The molecule has 0 spiro atoms. The van der Waals surface area contributed by atoms with Gasteiger partial charge in [-0.3, -0.25) is 0 Å². The first-order chi connectivity index (χ1) is 9.29. The summed E-state index contributed by atoms with van der Waals surface area (Å²) in [6, 6.07) is 0.150. The van der Waals surface area contributed by atoms with Crippen LogP contribution in [0.4, 0.5) is 0 Å². The largest absolute Gasteiger partial charge is 0.323 e.